The Bertz CT molecular complexity index is 253. The predicted molar refractivity (Wildman–Crippen MR) is 36.7 cm³/mol. The normalized spacial score (nSPS) is 15.4. The molecule has 10 heavy (non-hydrogen) atoms. The molecule has 2 nitrogen and oxygen atoms in total. The molecule has 1 heterocycles. The molecule has 0 spiro atoms. The Labute approximate surface area is 58.9 Å². The van der Waals surface area contributed by atoms with Crippen molar-refractivity contribution in [3.63, 3.8) is 0 Å². The summed E-state index contributed by atoms with van der Waals surface area (Å²) in [5, 5.41) is 0. The number of nitrogens with zero attached hydrogens (tertiary/aromatic N) is 1. The molecule has 0 radical (unpaired) electrons. The number of ketones is 1. The molecule has 0 atom stereocenters. The van der Waals surface area contributed by atoms with Crippen LogP contribution >= 0.6 is 0 Å². The standard InChI is InChI=1S/C8H7NO/c10-8-3-6-1-2-9-5-7(6)4-8/h1-2,5H,3-4H2. The zero-order valence-corrected chi connectivity index (χ0v) is 5.50. The first kappa shape index (κ1) is 5.59. The summed E-state index contributed by atoms with van der Waals surface area (Å²) in [4.78, 5) is 14.8. The van der Waals surface area contributed by atoms with E-state index in [4.69, 9.17) is 0 Å². The molecule has 0 amide bonds. The van der Waals surface area contributed by atoms with Gasteiger partial charge in [0.1, 0.15) is 5.78 Å². The second-order valence-electron chi connectivity index (χ2n) is 2.54. The van der Waals surface area contributed by atoms with E-state index in [1.807, 2.05) is 6.07 Å². The van der Waals surface area contributed by atoms with E-state index >= 15 is 0 Å². The van der Waals surface area contributed by atoms with Crippen LogP contribution in [0, 0.1) is 0 Å². The largest absolute Gasteiger partial charge is 0.299 e. The Morgan fingerprint density at radius 3 is 2.90 bits per heavy atom. The summed E-state index contributed by atoms with van der Waals surface area (Å²) in [5.41, 5.74) is 2.26. The summed E-state index contributed by atoms with van der Waals surface area (Å²) in [7, 11) is 0. The molecule has 0 saturated carbocycles. The Morgan fingerprint density at radius 2 is 2.10 bits per heavy atom. The van der Waals surface area contributed by atoms with Crippen molar-refractivity contribution < 1.29 is 4.79 Å². The van der Waals surface area contributed by atoms with Crippen molar-refractivity contribution >= 4 is 5.78 Å². The molecule has 0 fully saturated rings. The van der Waals surface area contributed by atoms with Gasteiger partial charge in [-0.1, -0.05) is 0 Å². The number of carbonyl (C=O) groups is 1. The highest BCUT2D eigenvalue weighted by Crippen LogP contribution is 2.16. The van der Waals surface area contributed by atoms with Crippen molar-refractivity contribution in [2.75, 3.05) is 0 Å². The van der Waals surface area contributed by atoms with Crippen molar-refractivity contribution in [3.05, 3.63) is 29.6 Å². The first-order valence-electron chi connectivity index (χ1n) is 3.30. The molecule has 1 aromatic rings. The number of Topliss-reactive ketones (excluding diaryl/α,β-unsaturated/α-hetero) is 1. The first-order valence-corrected chi connectivity index (χ1v) is 3.30. The van der Waals surface area contributed by atoms with E-state index in [-0.39, 0.29) is 0 Å². The topological polar surface area (TPSA) is 30.0 Å². The third kappa shape index (κ3) is 0.727. The minimum absolute atomic E-state index is 0.308. The van der Waals surface area contributed by atoms with Crippen molar-refractivity contribution in [1.29, 1.82) is 0 Å². The van der Waals surface area contributed by atoms with E-state index in [0.29, 0.717) is 18.6 Å². The van der Waals surface area contributed by atoms with Gasteiger partial charge in [0.05, 0.1) is 0 Å². The van der Waals surface area contributed by atoms with Gasteiger partial charge in [-0.15, -0.1) is 0 Å². The van der Waals surface area contributed by atoms with Crippen LogP contribution in [0.1, 0.15) is 11.1 Å². The fourth-order valence-corrected chi connectivity index (χ4v) is 1.27. The van der Waals surface area contributed by atoms with Gasteiger partial charge in [-0.2, -0.15) is 0 Å². The highest BCUT2D eigenvalue weighted by Gasteiger charge is 2.16. The molecule has 0 saturated heterocycles. The van der Waals surface area contributed by atoms with Gasteiger partial charge in [-0.05, 0) is 17.2 Å². The number of fused-ring (bicyclic) bond motifs is 1. The van der Waals surface area contributed by atoms with E-state index in [2.05, 4.69) is 4.98 Å². The van der Waals surface area contributed by atoms with Gasteiger partial charge in [0.2, 0.25) is 0 Å². The zero-order valence-electron chi connectivity index (χ0n) is 5.50. The average molecular weight is 133 g/mol. The number of pyridine rings is 1. The van der Waals surface area contributed by atoms with Gasteiger partial charge in [-0.3, -0.25) is 9.78 Å². The number of hydrogen-bond donors (Lipinski definition) is 0. The van der Waals surface area contributed by atoms with Crippen molar-refractivity contribution in [1.82, 2.24) is 4.98 Å². The smallest absolute Gasteiger partial charge is 0.141 e. The molecular formula is C8H7NO. The molecule has 1 aromatic heterocycles. The van der Waals surface area contributed by atoms with Crippen LogP contribution in [0.15, 0.2) is 18.5 Å². The molecule has 0 N–H and O–H groups in total. The van der Waals surface area contributed by atoms with Crippen LogP contribution in [-0.2, 0) is 17.6 Å². The molecule has 0 aliphatic heterocycles. The number of hydrogen-bond acceptors (Lipinski definition) is 2. The fourth-order valence-electron chi connectivity index (χ4n) is 1.27. The Hall–Kier alpha value is -1.18. The van der Waals surface area contributed by atoms with Gasteiger partial charge in [0, 0.05) is 25.2 Å². The summed E-state index contributed by atoms with van der Waals surface area (Å²) < 4.78 is 0. The van der Waals surface area contributed by atoms with Crippen LogP contribution in [0.25, 0.3) is 0 Å². The van der Waals surface area contributed by atoms with Crippen LogP contribution in [0.5, 0.6) is 0 Å². The number of rotatable bonds is 0. The summed E-state index contributed by atoms with van der Waals surface area (Å²) in [5.74, 6) is 0.308. The van der Waals surface area contributed by atoms with E-state index in [0.717, 1.165) is 11.1 Å². The molecular weight excluding hydrogens is 126 g/mol. The van der Waals surface area contributed by atoms with Gasteiger partial charge in [-0.25, -0.2) is 0 Å². The maximum Gasteiger partial charge on any atom is 0.141 e. The minimum Gasteiger partial charge on any atom is -0.299 e. The monoisotopic (exact) mass is 133 g/mol. The number of aromatic nitrogens is 1. The molecule has 1 aliphatic rings. The predicted octanol–water partition coefficient (Wildman–Crippen LogP) is 0.749. The molecule has 0 aromatic carbocycles. The maximum absolute atomic E-state index is 10.9. The molecule has 2 rings (SSSR count). The van der Waals surface area contributed by atoms with E-state index in [9.17, 15) is 4.79 Å². The van der Waals surface area contributed by atoms with Crippen molar-refractivity contribution in [2.24, 2.45) is 0 Å². The molecule has 2 heteroatoms. The van der Waals surface area contributed by atoms with E-state index in [1.165, 1.54) is 0 Å². The first-order chi connectivity index (χ1) is 4.86. The highest BCUT2D eigenvalue weighted by atomic mass is 16.1. The molecule has 0 bridgehead atoms. The lowest BCUT2D eigenvalue weighted by molar-refractivity contribution is -0.117. The lowest BCUT2D eigenvalue weighted by atomic mass is 10.2. The van der Waals surface area contributed by atoms with Crippen LogP contribution in [0.2, 0.25) is 0 Å². The third-order valence-corrected chi connectivity index (χ3v) is 1.78. The number of carbonyl (C=O) groups excluding carboxylic acids is 1. The Balaban J connectivity index is 2.51. The Kier molecular flexibility index (Phi) is 1.07. The van der Waals surface area contributed by atoms with Gasteiger partial charge < -0.3 is 0 Å². The second kappa shape index (κ2) is 1.90. The summed E-state index contributed by atoms with van der Waals surface area (Å²) >= 11 is 0. The van der Waals surface area contributed by atoms with Crippen LogP contribution in [-0.4, -0.2) is 10.8 Å². The Morgan fingerprint density at radius 1 is 1.30 bits per heavy atom. The zero-order chi connectivity index (χ0) is 6.97. The third-order valence-electron chi connectivity index (χ3n) is 1.78. The van der Waals surface area contributed by atoms with Gasteiger partial charge in [0.25, 0.3) is 0 Å². The molecule has 0 unspecified atom stereocenters. The molecule has 1 aliphatic carbocycles. The van der Waals surface area contributed by atoms with E-state index in [1.54, 1.807) is 12.4 Å². The lowest BCUT2D eigenvalue weighted by Gasteiger charge is -1.91. The summed E-state index contributed by atoms with van der Waals surface area (Å²) in [6.07, 6.45) is 4.71. The fraction of sp³-hybridized carbons (Fsp3) is 0.250. The quantitative estimate of drug-likeness (QED) is 0.522. The summed E-state index contributed by atoms with van der Waals surface area (Å²) in [6.45, 7) is 0. The SMILES string of the molecule is O=C1Cc2ccncc2C1. The highest BCUT2D eigenvalue weighted by molar-refractivity contribution is 5.87. The van der Waals surface area contributed by atoms with Crippen molar-refractivity contribution in [2.45, 2.75) is 12.8 Å². The van der Waals surface area contributed by atoms with Crippen LogP contribution in [0.3, 0.4) is 0 Å². The second-order valence-corrected chi connectivity index (χ2v) is 2.54. The van der Waals surface area contributed by atoms with Crippen molar-refractivity contribution in [3.8, 4) is 0 Å². The van der Waals surface area contributed by atoms with Crippen LogP contribution < -0.4 is 0 Å². The van der Waals surface area contributed by atoms with Crippen LogP contribution in [0.4, 0.5) is 0 Å². The summed E-state index contributed by atoms with van der Waals surface area (Å²) in [6, 6.07) is 1.92. The minimum atomic E-state index is 0.308. The average Bonchev–Trinajstić information content (AvgIpc) is 2.27. The van der Waals surface area contributed by atoms with Gasteiger partial charge >= 0.3 is 0 Å². The van der Waals surface area contributed by atoms with Gasteiger partial charge in [0.15, 0.2) is 0 Å². The molecule has 50 valence electrons. The lowest BCUT2D eigenvalue weighted by Crippen LogP contribution is -1.92. The maximum atomic E-state index is 10.9. The van der Waals surface area contributed by atoms with E-state index < -0.39 is 0 Å².